The van der Waals surface area contributed by atoms with Crippen molar-refractivity contribution in [3.05, 3.63) is 28.2 Å². The van der Waals surface area contributed by atoms with E-state index in [4.69, 9.17) is 4.74 Å². The number of ether oxygens (including phenoxy) is 1. The van der Waals surface area contributed by atoms with Crippen LogP contribution >= 0.6 is 15.9 Å². The minimum atomic E-state index is 0.242. The Hall–Kier alpha value is -1.07. The van der Waals surface area contributed by atoms with Gasteiger partial charge in [-0.05, 0) is 47.0 Å². The predicted octanol–water partition coefficient (Wildman–Crippen LogP) is 2.21. The number of aryl methyl sites for hydroxylation is 1. The highest BCUT2D eigenvalue weighted by molar-refractivity contribution is 9.10. The van der Waals surface area contributed by atoms with Gasteiger partial charge in [-0.25, -0.2) is 0 Å². The summed E-state index contributed by atoms with van der Waals surface area (Å²) in [5.74, 6) is 1.06. The van der Waals surface area contributed by atoms with Gasteiger partial charge in [-0.15, -0.1) is 0 Å². The van der Waals surface area contributed by atoms with Crippen LogP contribution in [0.15, 0.2) is 22.7 Å². The summed E-state index contributed by atoms with van der Waals surface area (Å²) in [5.41, 5.74) is 1.15. The molecular weight excluding hydrogens is 320 g/mol. The second kappa shape index (κ2) is 7.09. The third-order valence-corrected chi connectivity index (χ3v) is 4.29. The van der Waals surface area contributed by atoms with E-state index < -0.39 is 0 Å². The molecule has 0 aliphatic carbocycles. The Kier molecular flexibility index (Phi) is 5.43. The highest BCUT2D eigenvalue weighted by Gasteiger charge is 2.22. The first-order valence-corrected chi connectivity index (χ1v) is 7.73. The molecule has 1 N–H and O–H groups in total. The van der Waals surface area contributed by atoms with Crippen LogP contribution in [0.25, 0.3) is 0 Å². The second-order valence-corrected chi connectivity index (χ2v) is 5.96. The third-order valence-electron chi connectivity index (χ3n) is 3.67. The van der Waals surface area contributed by atoms with E-state index in [1.54, 1.807) is 7.11 Å². The summed E-state index contributed by atoms with van der Waals surface area (Å²) in [6, 6.07) is 6.25. The maximum absolute atomic E-state index is 12.3. The molecule has 0 spiro atoms. The van der Waals surface area contributed by atoms with Crippen molar-refractivity contribution in [2.24, 2.45) is 0 Å². The predicted molar refractivity (Wildman–Crippen MR) is 83.1 cm³/mol. The first kappa shape index (κ1) is 15.3. The van der Waals surface area contributed by atoms with Crippen molar-refractivity contribution in [1.29, 1.82) is 0 Å². The van der Waals surface area contributed by atoms with Gasteiger partial charge in [-0.1, -0.05) is 6.07 Å². The number of hydrogen-bond donors (Lipinski definition) is 1. The Morgan fingerprint density at radius 2 is 2.35 bits per heavy atom. The van der Waals surface area contributed by atoms with Crippen LogP contribution in [0.4, 0.5) is 0 Å². The number of amides is 1. The Labute approximate surface area is 128 Å². The number of rotatable bonds is 4. The van der Waals surface area contributed by atoms with Gasteiger partial charge in [0.15, 0.2) is 0 Å². The Morgan fingerprint density at radius 1 is 1.55 bits per heavy atom. The lowest BCUT2D eigenvalue weighted by molar-refractivity contribution is -0.133. The maximum atomic E-state index is 12.3. The minimum Gasteiger partial charge on any atom is -0.496 e. The summed E-state index contributed by atoms with van der Waals surface area (Å²) >= 11 is 3.47. The number of piperazine rings is 1. The van der Waals surface area contributed by atoms with Crippen LogP contribution in [0, 0.1) is 0 Å². The molecule has 1 fully saturated rings. The number of hydrogen-bond acceptors (Lipinski definition) is 3. The average molecular weight is 341 g/mol. The lowest BCUT2D eigenvalue weighted by Gasteiger charge is -2.34. The summed E-state index contributed by atoms with van der Waals surface area (Å²) in [7, 11) is 1.65. The van der Waals surface area contributed by atoms with Gasteiger partial charge in [0.2, 0.25) is 5.91 Å². The molecule has 0 saturated carbocycles. The zero-order chi connectivity index (χ0) is 14.5. The third kappa shape index (κ3) is 3.73. The molecule has 1 aromatic carbocycles. The number of benzene rings is 1. The van der Waals surface area contributed by atoms with Crippen LogP contribution < -0.4 is 10.1 Å². The molecule has 1 aliphatic heterocycles. The van der Waals surface area contributed by atoms with Crippen molar-refractivity contribution in [1.82, 2.24) is 10.2 Å². The molecule has 110 valence electrons. The largest absolute Gasteiger partial charge is 0.496 e. The van der Waals surface area contributed by atoms with E-state index in [0.717, 1.165) is 41.8 Å². The Balaban J connectivity index is 1.91. The molecule has 1 amide bonds. The van der Waals surface area contributed by atoms with Gasteiger partial charge >= 0.3 is 0 Å². The second-order valence-electron chi connectivity index (χ2n) is 5.11. The van der Waals surface area contributed by atoms with Gasteiger partial charge in [-0.3, -0.25) is 4.79 Å². The molecule has 0 unspecified atom stereocenters. The van der Waals surface area contributed by atoms with Crippen LogP contribution in [0.2, 0.25) is 0 Å². The first-order chi connectivity index (χ1) is 9.61. The highest BCUT2D eigenvalue weighted by atomic mass is 79.9. The summed E-state index contributed by atoms with van der Waals surface area (Å²) in [6.45, 7) is 4.68. The van der Waals surface area contributed by atoms with Crippen molar-refractivity contribution in [3.63, 3.8) is 0 Å². The molecule has 1 atom stereocenters. The van der Waals surface area contributed by atoms with Crippen molar-refractivity contribution in [2.75, 3.05) is 26.7 Å². The quantitative estimate of drug-likeness (QED) is 0.913. The van der Waals surface area contributed by atoms with Gasteiger partial charge in [-0.2, -0.15) is 0 Å². The summed E-state index contributed by atoms with van der Waals surface area (Å²) in [4.78, 5) is 14.2. The summed E-state index contributed by atoms with van der Waals surface area (Å²) in [6.07, 6.45) is 1.32. The minimum absolute atomic E-state index is 0.242. The van der Waals surface area contributed by atoms with Gasteiger partial charge in [0.25, 0.3) is 0 Å². The smallest absolute Gasteiger partial charge is 0.223 e. The molecule has 1 aromatic rings. The van der Waals surface area contributed by atoms with Gasteiger partial charge < -0.3 is 15.0 Å². The fraction of sp³-hybridized carbons (Fsp3) is 0.533. The molecule has 2 rings (SSSR count). The van der Waals surface area contributed by atoms with Gasteiger partial charge in [0.05, 0.1) is 11.6 Å². The van der Waals surface area contributed by atoms with E-state index >= 15 is 0 Å². The standard InChI is InChI=1S/C15H21BrN2O2/c1-11-10-17-7-8-18(11)15(19)6-4-12-3-5-14(20-2)13(16)9-12/h3,5,9,11,17H,4,6-8,10H2,1-2H3/t11-/m1/s1. The number of carbonyl (C=O) groups excluding carboxylic acids is 1. The molecule has 1 saturated heterocycles. The van der Waals surface area contributed by atoms with Crippen LogP contribution in [0.1, 0.15) is 18.9 Å². The first-order valence-electron chi connectivity index (χ1n) is 6.94. The normalized spacial score (nSPS) is 18.9. The van der Waals surface area contributed by atoms with E-state index in [1.165, 1.54) is 0 Å². The fourth-order valence-corrected chi connectivity index (χ4v) is 3.06. The SMILES string of the molecule is COc1ccc(CCC(=O)N2CCNC[C@H]2C)cc1Br. The maximum Gasteiger partial charge on any atom is 0.223 e. The topological polar surface area (TPSA) is 41.6 Å². The van der Waals surface area contributed by atoms with Crippen LogP contribution in [0.5, 0.6) is 5.75 Å². The summed E-state index contributed by atoms with van der Waals surface area (Å²) < 4.78 is 6.14. The van der Waals surface area contributed by atoms with Crippen LogP contribution in [-0.2, 0) is 11.2 Å². The molecule has 0 aromatic heterocycles. The van der Waals surface area contributed by atoms with Crippen LogP contribution in [-0.4, -0.2) is 43.6 Å². The highest BCUT2D eigenvalue weighted by Crippen LogP contribution is 2.26. The number of methoxy groups -OCH3 is 1. The lowest BCUT2D eigenvalue weighted by Crippen LogP contribution is -2.52. The number of carbonyl (C=O) groups is 1. The van der Waals surface area contributed by atoms with Gasteiger partial charge in [0.1, 0.15) is 5.75 Å². The van der Waals surface area contributed by atoms with E-state index in [-0.39, 0.29) is 5.91 Å². The zero-order valence-electron chi connectivity index (χ0n) is 12.0. The van der Waals surface area contributed by atoms with Gasteiger partial charge in [0, 0.05) is 32.1 Å². The molecule has 0 bridgehead atoms. The fourth-order valence-electron chi connectivity index (χ4n) is 2.47. The molecular formula is C15H21BrN2O2. The van der Waals surface area contributed by atoms with E-state index in [1.807, 2.05) is 23.1 Å². The lowest BCUT2D eigenvalue weighted by atomic mass is 10.1. The summed E-state index contributed by atoms with van der Waals surface area (Å²) in [5, 5.41) is 3.30. The average Bonchev–Trinajstić information content (AvgIpc) is 2.45. The molecule has 4 nitrogen and oxygen atoms in total. The number of nitrogens with zero attached hydrogens (tertiary/aromatic N) is 1. The van der Waals surface area contributed by atoms with Crippen molar-refractivity contribution in [3.8, 4) is 5.75 Å². The molecule has 5 heteroatoms. The monoisotopic (exact) mass is 340 g/mol. The molecule has 0 radical (unpaired) electrons. The van der Waals surface area contributed by atoms with Crippen molar-refractivity contribution >= 4 is 21.8 Å². The van der Waals surface area contributed by atoms with Crippen molar-refractivity contribution in [2.45, 2.75) is 25.8 Å². The van der Waals surface area contributed by atoms with Crippen LogP contribution in [0.3, 0.4) is 0 Å². The Bertz CT molecular complexity index is 479. The van der Waals surface area contributed by atoms with E-state index in [9.17, 15) is 4.79 Å². The Morgan fingerprint density at radius 3 is 3.00 bits per heavy atom. The molecule has 20 heavy (non-hydrogen) atoms. The number of nitrogens with one attached hydrogen (secondary N) is 1. The van der Waals surface area contributed by atoms with Crippen molar-refractivity contribution < 1.29 is 9.53 Å². The van der Waals surface area contributed by atoms with E-state index in [2.05, 4.69) is 28.2 Å². The molecule has 1 heterocycles. The number of halogens is 1. The molecule has 1 aliphatic rings. The van der Waals surface area contributed by atoms with E-state index in [0.29, 0.717) is 12.5 Å². The zero-order valence-corrected chi connectivity index (χ0v) is 13.6.